The van der Waals surface area contributed by atoms with Crippen molar-refractivity contribution in [3.8, 4) is 0 Å². The first kappa shape index (κ1) is 35.4. The van der Waals surface area contributed by atoms with Crippen LogP contribution in [0.25, 0.3) is 0 Å². The van der Waals surface area contributed by atoms with Crippen LogP contribution in [0.1, 0.15) is 101 Å². The SMILES string of the molecule is CCCNC[C@@]1(O)C(C)C[C@H](OC2C(C)C[C@@](C)(O)C[C@@H](C)CN[C@H](C)CC(O)C(CC)OC(=O)C2C)OC1C. The Morgan fingerprint density at radius 1 is 1.07 bits per heavy atom. The molecule has 0 bridgehead atoms. The Morgan fingerprint density at radius 3 is 2.35 bits per heavy atom. The molecule has 9 nitrogen and oxygen atoms in total. The molecule has 0 aliphatic carbocycles. The maximum absolute atomic E-state index is 13.5. The molecule has 236 valence electrons. The lowest BCUT2D eigenvalue weighted by atomic mass is 9.79. The van der Waals surface area contributed by atoms with E-state index in [0.29, 0.717) is 45.2 Å². The highest BCUT2D eigenvalue weighted by Crippen LogP contribution is 2.37. The fourth-order valence-corrected chi connectivity index (χ4v) is 6.63. The molecule has 2 aliphatic rings. The zero-order valence-corrected chi connectivity index (χ0v) is 26.6. The van der Waals surface area contributed by atoms with E-state index in [-0.39, 0.29) is 23.8 Å². The molecule has 0 amide bonds. The zero-order chi connectivity index (χ0) is 30.3. The van der Waals surface area contributed by atoms with Gasteiger partial charge in [-0.3, -0.25) is 4.79 Å². The molecule has 2 heterocycles. The van der Waals surface area contributed by atoms with Crippen molar-refractivity contribution in [2.45, 2.75) is 149 Å². The molecule has 2 aliphatic heterocycles. The average molecular weight is 573 g/mol. The van der Waals surface area contributed by atoms with Gasteiger partial charge in [0, 0.05) is 19.0 Å². The van der Waals surface area contributed by atoms with E-state index in [9.17, 15) is 20.1 Å². The lowest BCUT2D eigenvalue weighted by Crippen LogP contribution is -2.60. The monoisotopic (exact) mass is 572 g/mol. The van der Waals surface area contributed by atoms with Gasteiger partial charge in [-0.05, 0) is 90.6 Å². The van der Waals surface area contributed by atoms with Crippen molar-refractivity contribution in [3.05, 3.63) is 0 Å². The van der Waals surface area contributed by atoms with Crippen molar-refractivity contribution in [1.29, 1.82) is 0 Å². The van der Waals surface area contributed by atoms with E-state index >= 15 is 0 Å². The molecule has 5 N–H and O–H groups in total. The minimum Gasteiger partial charge on any atom is -0.459 e. The van der Waals surface area contributed by atoms with Crippen LogP contribution in [0.3, 0.4) is 0 Å². The summed E-state index contributed by atoms with van der Waals surface area (Å²) in [6, 6.07) is 0.0379. The van der Waals surface area contributed by atoms with E-state index in [1.807, 2.05) is 41.5 Å². The number of aliphatic hydroxyl groups is 3. The normalized spacial score (nSPS) is 44.9. The van der Waals surface area contributed by atoms with Crippen LogP contribution in [0.5, 0.6) is 0 Å². The third-order valence-corrected chi connectivity index (χ3v) is 9.09. The number of cyclic esters (lactones) is 1. The van der Waals surface area contributed by atoms with E-state index < -0.39 is 53.8 Å². The van der Waals surface area contributed by atoms with Gasteiger partial charge in [0.1, 0.15) is 11.7 Å². The van der Waals surface area contributed by atoms with Crippen LogP contribution >= 0.6 is 0 Å². The second-order valence-electron chi connectivity index (χ2n) is 13.4. The number of ether oxygens (including phenoxy) is 3. The second kappa shape index (κ2) is 15.6. The van der Waals surface area contributed by atoms with Crippen LogP contribution in [0.4, 0.5) is 0 Å². The molecular weight excluding hydrogens is 512 g/mol. The summed E-state index contributed by atoms with van der Waals surface area (Å²) in [5.74, 6) is -1.14. The van der Waals surface area contributed by atoms with Crippen molar-refractivity contribution in [3.63, 3.8) is 0 Å². The summed E-state index contributed by atoms with van der Waals surface area (Å²) in [6.45, 7) is 19.6. The summed E-state index contributed by atoms with van der Waals surface area (Å²) in [6.07, 6.45) is 0.396. The Hall–Kier alpha value is -0.810. The molecule has 2 saturated heterocycles. The summed E-state index contributed by atoms with van der Waals surface area (Å²) < 4.78 is 18.7. The lowest BCUT2D eigenvalue weighted by molar-refractivity contribution is -0.286. The van der Waals surface area contributed by atoms with E-state index in [1.54, 1.807) is 6.92 Å². The highest BCUT2D eigenvalue weighted by atomic mass is 16.7. The standard InChI is InChI=1S/C31H60N2O7/c1-10-12-32-18-31(37)21(5)13-27(38-24(31)8)40-28-20(4)16-30(9,36)15-19(3)17-33-22(6)14-25(34)26(11-2)39-29(35)23(28)7/h19-28,32-34,36-37H,10-18H2,1-9H3/t19-,20?,21?,22-,23?,24?,25?,26?,27+,28?,30+,31-/m1/s1. The van der Waals surface area contributed by atoms with Gasteiger partial charge in [0.2, 0.25) is 0 Å². The quantitative estimate of drug-likeness (QED) is 0.230. The summed E-state index contributed by atoms with van der Waals surface area (Å²) in [7, 11) is 0. The van der Waals surface area contributed by atoms with Crippen LogP contribution in [0.15, 0.2) is 0 Å². The Morgan fingerprint density at radius 2 is 1.75 bits per heavy atom. The maximum atomic E-state index is 13.5. The number of carbonyl (C=O) groups excluding carboxylic acids is 1. The molecule has 2 fully saturated rings. The van der Waals surface area contributed by atoms with Gasteiger partial charge in [0.15, 0.2) is 6.29 Å². The first-order chi connectivity index (χ1) is 18.6. The molecule has 0 aromatic carbocycles. The molecule has 0 aromatic heterocycles. The molecular formula is C31H60N2O7. The van der Waals surface area contributed by atoms with Crippen LogP contribution in [0.2, 0.25) is 0 Å². The van der Waals surface area contributed by atoms with Gasteiger partial charge >= 0.3 is 5.97 Å². The Balaban J connectivity index is 2.29. The third-order valence-electron chi connectivity index (χ3n) is 9.09. The van der Waals surface area contributed by atoms with Crippen LogP contribution in [0, 0.1) is 23.7 Å². The van der Waals surface area contributed by atoms with E-state index in [1.165, 1.54) is 0 Å². The molecule has 40 heavy (non-hydrogen) atoms. The minimum atomic E-state index is -1.03. The minimum absolute atomic E-state index is 0.0379. The number of hydrogen-bond donors (Lipinski definition) is 5. The van der Waals surface area contributed by atoms with Crippen molar-refractivity contribution < 1.29 is 34.3 Å². The summed E-state index contributed by atoms with van der Waals surface area (Å²) >= 11 is 0. The maximum Gasteiger partial charge on any atom is 0.311 e. The largest absolute Gasteiger partial charge is 0.459 e. The van der Waals surface area contributed by atoms with Gasteiger partial charge in [-0.2, -0.15) is 0 Å². The van der Waals surface area contributed by atoms with Crippen molar-refractivity contribution in [1.82, 2.24) is 10.6 Å². The zero-order valence-electron chi connectivity index (χ0n) is 26.6. The molecule has 12 atom stereocenters. The number of hydrogen-bond acceptors (Lipinski definition) is 9. The van der Waals surface area contributed by atoms with Crippen molar-refractivity contribution in [2.75, 3.05) is 19.6 Å². The molecule has 0 aromatic rings. The van der Waals surface area contributed by atoms with Crippen molar-refractivity contribution >= 4 is 5.97 Å². The molecule has 2 rings (SSSR count). The average Bonchev–Trinajstić information content (AvgIpc) is 2.86. The number of nitrogens with one attached hydrogen (secondary N) is 2. The number of carbonyl (C=O) groups is 1. The van der Waals surface area contributed by atoms with Gasteiger partial charge in [0.25, 0.3) is 0 Å². The fourth-order valence-electron chi connectivity index (χ4n) is 6.63. The smallest absolute Gasteiger partial charge is 0.311 e. The second-order valence-corrected chi connectivity index (χ2v) is 13.4. The molecule has 0 saturated carbocycles. The highest BCUT2D eigenvalue weighted by molar-refractivity contribution is 5.73. The number of aliphatic hydroxyl groups excluding tert-OH is 1. The third kappa shape index (κ3) is 9.89. The van der Waals surface area contributed by atoms with E-state index in [4.69, 9.17) is 14.2 Å². The predicted octanol–water partition coefficient (Wildman–Crippen LogP) is 3.38. The van der Waals surface area contributed by atoms with Gasteiger partial charge in [-0.25, -0.2) is 0 Å². The van der Waals surface area contributed by atoms with Crippen molar-refractivity contribution in [2.24, 2.45) is 23.7 Å². The molecule has 7 unspecified atom stereocenters. The summed E-state index contributed by atoms with van der Waals surface area (Å²) in [5.41, 5.74) is -1.98. The van der Waals surface area contributed by atoms with Gasteiger partial charge in [0.05, 0.1) is 29.8 Å². The van der Waals surface area contributed by atoms with E-state index in [0.717, 1.165) is 13.0 Å². The van der Waals surface area contributed by atoms with Crippen LogP contribution < -0.4 is 10.6 Å². The fraction of sp³-hybridized carbons (Fsp3) is 0.968. The Labute approximate surface area is 243 Å². The van der Waals surface area contributed by atoms with Crippen LogP contribution in [-0.4, -0.2) is 88.9 Å². The number of rotatable bonds is 7. The summed E-state index contributed by atoms with van der Waals surface area (Å²) in [4.78, 5) is 13.5. The first-order valence-corrected chi connectivity index (χ1v) is 15.7. The lowest BCUT2D eigenvalue weighted by Gasteiger charge is -2.47. The topological polar surface area (TPSA) is 130 Å². The Kier molecular flexibility index (Phi) is 13.8. The molecule has 0 spiro atoms. The highest BCUT2D eigenvalue weighted by Gasteiger charge is 2.48. The van der Waals surface area contributed by atoms with Gasteiger partial charge < -0.3 is 40.2 Å². The summed E-state index contributed by atoms with van der Waals surface area (Å²) in [5, 5.41) is 40.5. The van der Waals surface area contributed by atoms with Gasteiger partial charge in [-0.1, -0.05) is 34.6 Å². The van der Waals surface area contributed by atoms with E-state index in [2.05, 4.69) is 24.5 Å². The Bertz CT molecular complexity index is 754. The predicted molar refractivity (Wildman–Crippen MR) is 157 cm³/mol. The number of esters is 1. The van der Waals surface area contributed by atoms with Crippen LogP contribution in [-0.2, 0) is 19.0 Å². The van der Waals surface area contributed by atoms with Gasteiger partial charge in [-0.15, -0.1) is 0 Å². The molecule has 9 heteroatoms. The first-order valence-electron chi connectivity index (χ1n) is 15.7. The molecule has 0 radical (unpaired) electrons.